The fourth-order valence-corrected chi connectivity index (χ4v) is 2.79. The van der Waals surface area contributed by atoms with Gasteiger partial charge in [-0.25, -0.2) is 0 Å². The molecule has 1 aliphatic rings. The summed E-state index contributed by atoms with van der Waals surface area (Å²) in [6.45, 7) is 4.20. The molecule has 0 bridgehead atoms. The molecule has 2 rings (SSSR count). The van der Waals surface area contributed by atoms with Crippen LogP contribution in [0.25, 0.3) is 0 Å². The van der Waals surface area contributed by atoms with Gasteiger partial charge in [0.25, 0.3) is 5.69 Å². The molecule has 0 radical (unpaired) electrons. The van der Waals surface area contributed by atoms with Gasteiger partial charge in [0.05, 0.1) is 23.4 Å². The van der Waals surface area contributed by atoms with Crippen molar-refractivity contribution >= 4 is 11.5 Å². The van der Waals surface area contributed by atoms with E-state index >= 15 is 0 Å². The van der Waals surface area contributed by atoms with Crippen molar-refractivity contribution in [1.29, 1.82) is 0 Å². The van der Waals surface area contributed by atoms with Gasteiger partial charge in [0.1, 0.15) is 0 Å². The number of H-pyrrole nitrogens is 1. The molecule has 1 N–H and O–H groups in total. The Morgan fingerprint density at radius 2 is 2.25 bits per heavy atom. The SMILES string of the molecule is CC1CN(CC(=O)c2cc([N+](=O)[O-])c[nH]2)CC1N(C)C. The summed E-state index contributed by atoms with van der Waals surface area (Å²) >= 11 is 0. The number of nitrogens with one attached hydrogen (secondary N) is 1. The van der Waals surface area contributed by atoms with Gasteiger partial charge in [-0.1, -0.05) is 6.92 Å². The van der Waals surface area contributed by atoms with E-state index in [0.717, 1.165) is 13.1 Å². The van der Waals surface area contributed by atoms with E-state index < -0.39 is 4.92 Å². The van der Waals surface area contributed by atoms with Gasteiger partial charge >= 0.3 is 0 Å². The van der Waals surface area contributed by atoms with E-state index in [2.05, 4.69) is 21.7 Å². The van der Waals surface area contributed by atoms with Gasteiger partial charge in [-0.15, -0.1) is 0 Å². The van der Waals surface area contributed by atoms with E-state index in [1.165, 1.54) is 12.3 Å². The van der Waals surface area contributed by atoms with Crippen molar-refractivity contribution in [2.24, 2.45) is 5.92 Å². The number of nitro groups is 1. The summed E-state index contributed by atoms with van der Waals surface area (Å²) in [4.78, 5) is 29.2. The molecule has 7 nitrogen and oxygen atoms in total. The van der Waals surface area contributed by atoms with Crippen molar-refractivity contribution in [2.75, 3.05) is 33.7 Å². The number of ketones is 1. The Morgan fingerprint density at radius 3 is 2.75 bits per heavy atom. The lowest BCUT2D eigenvalue weighted by Gasteiger charge is -2.22. The van der Waals surface area contributed by atoms with Gasteiger partial charge < -0.3 is 9.88 Å². The Kier molecular flexibility index (Phi) is 4.20. The maximum absolute atomic E-state index is 12.1. The summed E-state index contributed by atoms with van der Waals surface area (Å²) in [6, 6.07) is 1.74. The Balaban J connectivity index is 1.96. The number of Topliss-reactive ketones (excluding diaryl/α,β-unsaturated/α-hetero) is 1. The van der Waals surface area contributed by atoms with Crippen LogP contribution in [-0.4, -0.2) is 65.3 Å². The zero-order chi connectivity index (χ0) is 14.9. The first-order chi connectivity index (χ1) is 9.38. The zero-order valence-corrected chi connectivity index (χ0v) is 12.0. The normalized spacial score (nSPS) is 23.4. The second kappa shape index (κ2) is 5.72. The number of rotatable bonds is 5. The van der Waals surface area contributed by atoms with Gasteiger partial charge in [-0.3, -0.25) is 19.8 Å². The summed E-state index contributed by atoms with van der Waals surface area (Å²) in [6.07, 6.45) is 1.25. The van der Waals surface area contributed by atoms with Crippen molar-refractivity contribution in [2.45, 2.75) is 13.0 Å². The van der Waals surface area contributed by atoms with Crippen molar-refractivity contribution in [3.63, 3.8) is 0 Å². The summed E-state index contributed by atoms with van der Waals surface area (Å²) in [7, 11) is 4.08. The minimum Gasteiger partial charge on any atom is -0.353 e. The van der Waals surface area contributed by atoms with E-state index in [-0.39, 0.29) is 11.5 Å². The fraction of sp³-hybridized carbons (Fsp3) is 0.615. The standard InChI is InChI=1S/C13H20N4O3/c1-9-6-16(7-12(9)15(2)3)8-13(18)11-4-10(5-14-11)17(19)20/h4-5,9,12,14H,6-8H2,1-3H3. The maximum Gasteiger partial charge on any atom is 0.287 e. The molecule has 1 aromatic rings. The first-order valence-electron chi connectivity index (χ1n) is 6.63. The first kappa shape index (κ1) is 14.7. The highest BCUT2D eigenvalue weighted by Crippen LogP contribution is 2.20. The lowest BCUT2D eigenvalue weighted by atomic mass is 10.1. The molecule has 2 atom stereocenters. The number of aromatic nitrogens is 1. The summed E-state index contributed by atoms with van der Waals surface area (Å²) < 4.78 is 0. The molecule has 2 unspecified atom stereocenters. The van der Waals surface area contributed by atoms with Crippen molar-refractivity contribution < 1.29 is 9.72 Å². The Morgan fingerprint density at radius 1 is 1.55 bits per heavy atom. The summed E-state index contributed by atoms with van der Waals surface area (Å²) in [5.41, 5.74) is 0.229. The lowest BCUT2D eigenvalue weighted by molar-refractivity contribution is -0.384. The molecule has 1 aliphatic heterocycles. The van der Waals surface area contributed by atoms with Crippen LogP contribution in [0.4, 0.5) is 5.69 Å². The summed E-state index contributed by atoms with van der Waals surface area (Å²) in [5.74, 6) is 0.403. The lowest BCUT2D eigenvalue weighted by Crippen LogP contribution is -2.35. The Hall–Kier alpha value is -1.73. The van der Waals surface area contributed by atoms with Crippen LogP contribution in [0.5, 0.6) is 0 Å². The number of carbonyl (C=O) groups excluding carboxylic acids is 1. The van der Waals surface area contributed by atoms with Crippen molar-refractivity contribution in [1.82, 2.24) is 14.8 Å². The number of carbonyl (C=O) groups is 1. The third-order valence-corrected chi connectivity index (χ3v) is 3.86. The molecule has 0 saturated carbocycles. The van der Waals surface area contributed by atoms with Crippen LogP contribution in [-0.2, 0) is 0 Å². The summed E-state index contributed by atoms with van der Waals surface area (Å²) in [5, 5.41) is 10.6. The van der Waals surface area contributed by atoms with E-state index in [0.29, 0.717) is 24.2 Å². The van der Waals surface area contributed by atoms with Crippen LogP contribution in [0.3, 0.4) is 0 Å². The van der Waals surface area contributed by atoms with Gasteiger partial charge in [-0.2, -0.15) is 0 Å². The average Bonchev–Trinajstić information content (AvgIpc) is 2.95. The molecule has 0 amide bonds. The maximum atomic E-state index is 12.1. The highest BCUT2D eigenvalue weighted by Gasteiger charge is 2.32. The molecule has 20 heavy (non-hydrogen) atoms. The van der Waals surface area contributed by atoms with E-state index in [4.69, 9.17) is 0 Å². The predicted octanol–water partition coefficient (Wildman–Crippen LogP) is 0.987. The van der Waals surface area contributed by atoms with Gasteiger partial charge in [0.15, 0.2) is 5.78 Å². The molecular formula is C13H20N4O3. The quantitative estimate of drug-likeness (QED) is 0.494. The second-order valence-corrected chi connectivity index (χ2v) is 5.65. The van der Waals surface area contributed by atoms with E-state index in [1.54, 1.807) is 0 Å². The number of hydrogen-bond donors (Lipinski definition) is 1. The number of nitrogens with zero attached hydrogens (tertiary/aromatic N) is 3. The third-order valence-electron chi connectivity index (χ3n) is 3.86. The number of aromatic amines is 1. The van der Waals surface area contributed by atoms with Crippen LogP contribution >= 0.6 is 0 Å². The predicted molar refractivity (Wildman–Crippen MR) is 74.9 cm³/mol. The largest absolute Gasteiger partial charge is 0.353 e. The van der Waals surface area contributed by atoms with E-state index in [1.807, 2.05) is 14.1 Å². The fourth-order valence-electron chi connectivity index (χ4n) is 2.79. The van der Waals surface area contributed by atoms with Gasteiger partial charge in [-0.05, 0) is 20.0 Å². The molecule has 7 heteroatoms. The van der Waals surface area contributed by atoms with Crippen LogP contribution in [0.1, 0.15) is 17.4 Å². The minimum atomic E-state index is -0.507. The second-order valence-electron chi connectivity index (χ2n) is 5.65. The average molecular weight is 280 g/mol. The van der Waals surface area contributed by atoms with E-state index in [9.17, 15) is 14.9 Å². The molecule has 1 aromatic heterocycles. The molecule has 1 fully saturated rings. The Bertz CT molecular complexity index is 511. The minimum absolute atomic E-state index is 0.0747. The first-order valence-corrected chi connectivity index (χ1v) is 6.63. The molecule has 0 spiro atoms. The molecule has 1 saturated heterocycles. The monoisotopic (exact) mass is 280 g/mol. The molecular weight excluding hydrogens is 260 g/mol. The molecule has 0 aromatic carbocycles. The van der Waals surface area contributed by atoms with Crippen molar-refractivity contribution in [3.05, 3.63) is 28.1 Å². The number of hydrogen-bond acceptors (Lipinski definition) is 5. The highest BCUT2D eigenvalue weighted by atomic mass is 16.6. The molecule has 0 aliphatic carbocycles. The van der Waals surface area contributed by atoms with Crippen molar-refractivity contribution in [3.8, 4) is 0 Å². The molecule has 2 heterocycles. The van der Waals surface area contributed by atoms with Crippen LogP contribution < -0.4 is 0 Å². The zero-order valence-electron chi connectivity index (χ0n) is 12.0. The third kappa shape index (κ3) is 3.05. The smallest absolute Gasteiger partial charge is 0.287 e. The Labute approximate surface area is 117 Å². The van der Waals surface area contributed by atoms with Gasteiger partial charge in [0.2, 0.25) is 0 Å². The van der Waals surface area contributed by atoms with Crippen LogP contribution in [0, 0.1) is 16.0 Å². The number of likely N-dealkylation sites (N-methyl/N-ethyl adjacent to an activating group) is 1. The highest BCUT2D eigenvalue weighted by molar-refractivity contribution is 5.96. The molecule has 110 valence electrons. The van der Waals surface area contributed by atoms with Gasteiger partial charge in [0, 0.05) is 25.2 Å². The van der Waals surface area contributed by atoms with Crippen LogP contribution in [0.2, 0.25) is 0 Å². The van der Waals surface area contributed by atoms with Crippen LogP contribution in [0.15, 0.2) is 12.3 Å². The number of likely N-dealkylation sites (tertiary alicyclic amines) is 1. The topological polar surface area (TPSA) is 82.5 Å².